The number of nitrogens with zero attached hydrogens (tertiary/aromatic N) is 3. The van der Waals surface area contributed by atoms with Crippen LogP contribution in [0.25, 0.3) is 0 Å². The minimum atomic E-state index is -1.01. The molecule has 1 aromatic heterocycles. The number of amides is 2. The van der Waals surface area contributed by atoms with Crippen LogP contribution < -0.4 is 0 Å². The second kappa shape index (κ2) is 6.57. The molecule has 2 heterocycles. The van der Waals surface area contributed by atoms with Crippen molar-refractivity contribution in [3.8, 4) is 0 Å². The molecule has 1 aliphatic heterocycles. The third-order valence-corrected chi connectivity index (χ3v) is 3.60. The van der Waals surface area contributed by atoms with Crippen molar-refractivity contribution in [1.82, 2.24) is 19.8 Å². The van der Waals surface area contributed by atoms with Crippen molar-refractivity contribution < 1.29 is 19.4 Å². The molecule has 2 rings (SSSR count). The van der Waals surface area contributed by atoms with Gasteiger partial charge in [0.15, 0.2) is 0 Å². The molecule has 8 heteroatoms. The number of carboxylic acid groups (broad SMARTS) is 1. The number of hydrogen-bond acceptors (Lipinski definition) is 4. The summed E-state index contributed by atoms with van der Waals surface area (Å²) >= 11 is 0. The lowest BCUT2D eigenvalue weighted by Crippen LogP contribution is -2.52. The molecular formula is C13H20N4O4. The fourth-order valence-electron chi connectivity index (χ4n) is 2.42. The predicted octanol–water partition coefficient (Wildman–Crippen LogP) is 0.309. The largest absolute Gasteiger partial charge is 0.480 e. The molecule has 1 aromatic rings. The molecule has 0 aromatic carbocycles. The average Bonchev–Trinajstić information content (AvgIpc) is 2.92. The van der Waals surface area contributed by atoms with Crippen LogP contribution in [-0.4, -0.2) is 70.2 Å². The number of aliphatic carboxylic acids is 1. The number of carbonyl (C=O) groups excluding carboxylic acids is 1. The van der Waals surface area contributed by atoms with Crippen molar-refractivity contribution >= 4 is 12.0 Å². The molecule has 1 aliphatic rings. The molecule has 21 heavy (non-hydrogen) atoms. The summed E-state index contributed by atoms with van der Waals surface area (Å²) < 4.78 is 4.95. The maximum Gasteiger partial charge on any atom is 0.326 e. The summed E-state index contributed by atoms with van der Waals surface area (Å²) in [5, 5.41) is 9.35. The van der Waals surface area contributed by atoms with E-state index in [1.54, 1.807) is 14.2 Å². The van der Waals surface area contributed by atoms with E-state index in [0.29, 0.717) is 25.3 Å². The fourth-order valence-corrected chi connectivity index (χ4v) is 2.42. The Labute approximate surface area is 122 Å². The molecule has 2 amide bonds. The standard InChI is InChI=1S/C13H20N4O4/c1-16(4-3-5-21-2)13(20)17-7-10-9(14-8-15-10)6-11(17)12(18)19/h8,11H,3-7H2,1-2H3,(H,14,15)(H,18,19). The van der Waals surface area contributed by atoms with E-state index in [1.165, 1.54) is 16.1 Å². The van der Waals surface area contributed by atoms with Crippen LogP contribution in [0, 0.1) is 0 Å². The van der Waals surface area contributed by atoms with E-state index in [0.717, 1.165) is 5.69 Å². The summed E-state index contributed by atoms with van der Waals surface area (Å²) in [6, 6.07) is -1.17. The summed E-state index contributed by atoms with van der Waals surface area (Å²) in [6.45, 7) is 1.32. The number of hydrogen-bond donors (Lipinski definition) is 2. The molecule has 116 valence electrons. The van der Waals surface area contributed by atoms with Crippen molar-refractivity contribution in [3.05, 3.63) is 17.7 Å². The zero-order valence-electron chi connectivity index (χ0n) is 12.2. The topological polar surface area (TPSA) is 98.8 Å². The molecule has 1 atom stereocenters. The predicted molar refractivity (Wildman–Crippen MR) is 73.8 cm³/mol. The molecular weight excluding hydrogens is 276 g/mol. The number of aromatic nitrogens is 2. The van der Waals surface area contributed by atoms with Crippen molar-refractivity contribution in [2.24, 2.45) is 0 Å². The maximum absolute atomic E-state index is 12.5. The van der Waals surface area contributed by atoms with Gasteiger partial charge in [0.25, 0.3) is 0 Å². The molecule has 0 fully saturated rings. The van der Waals surface area contributed by atoms with Crippen LogP contribution in [0.4, 0.5) is 4.79 Å². The Morgan fingerprint density at radius 3 is 3.05 bits per heavy atom. The highest BCUT2D eigenvalue weighted by Gasteiger charge is 2.37. The van der Waals surface area contributed by atoms with Gasteiger partial charge in [-0.15, -0.1) is 0 Å². The van der Waals surface area contributed by atoms with Crippen LogP contribution in [0.15, 0.2) is 6.33 Å². The zero-order chi connectivity index (χ0) is 15.4. The van der Waals surface area contributed by atoms with Crippen molar-refractivity contribution in [2.45, 2.75) is 25.4 Å². The summed E-state index contributed by atoms with van der Waals surface area (Å²) in [6.07, 6.45) is 2.46. The second-order valence-corrected chi connectivity index (χ2v) is 5.06. The van der Waals surface area contributed by atoms with E-state index in [1.807, 2.05) is 0 Å². The molecule has 0 bridgehead atoms. The quantitative estimate of drug-likeness (QED) is 0.762. The molecule has 0 spiro atoms. The van der Waals surface area contributed by atoms with Gasteiger partial charge >= 0.3 is 12.0 Å². The van der Waals surface area contributed by atoms with Gasteiger partial charge in [-0.05, 0) is 6.42 Å². The molecule has 0 aliphatic carbocycles. The van der Waals surface area contributed by atoms with E-state index in [2.05, 4.69) is 9.97 Å². The highest BCUT2D eigenvalue weighted by atomic mass is 16.5. The van der Waals surface area contributed by atoms with Gasteiger partial charge < -0.3 is 24.6 Å². The van der Waals surface area contributed by atoms with Crippen molar-refractivity contribution in [2.75, 3.05) is 27.3 Å². The Morgan fingerprint density at radius 2 is 2.38 bits per heavy atom. The van der Waals surface area contributed by atoms with Gasteiger partial charge in [0, 0.05) is 33.7 Å². The number of nitrogens with one attached hydrogen (secondary N) is 1. The number of aromatic amines is 1. The van der Waals surface area contributed by atoms with Gasteiger partial charge in [-0.3, -0.25) is 0 Å². The third-order valence-electron chi connectivity index (χ3n) is 3.60. The van der Waals surface area contributed by atoms with Crippen LogP contribution in [0.5, 0.6) is 0 Å². The van der Waals surface area contributed by atoms with Crippen LogP contribution in [0.3, 0.4) is 0 Å². The number of imidazole rings is 1. The minimum Gasteiger partial charge on any atom is -0.480 e. The first-order valence-electron chi connectivity index (χ1n) is 6.79. The third kappa shape index (κ3) is 3.33. The van der Waals surface area contributed by atoms with E-state index < -0.39 is 12.0 Å². The molecule has 0 radical (unpaired) electrons. The highest BCUT2D eigenvalue weighted by molar-refractivity contribution is 5.83. The summed E-state index contributed by atoms with van der Waals surface area (Å²) in [7, 11) is 3.27. The number of H-pyrrole nitrogens is 1. The van der Waals surface area contributed by atoms with Gasteiger partial charge in [0.1, 0.15) is 6.04 Å². The van der Waals surface area contributed by atoms with Crippen molar-refractivity contribution in [3.63, 3.8) is 0 Å². The number of urea groups is 1. The van der Waals surface area contributed by atoms with E-state index in [9.17, 15) is 14.7 Å². The Kier molecular flexibility index (Phi) is 4.79. The average molecular weight is 296 g/mol. The van der Waals surface area contributed by atoms with Crippen LogP contribution in [0.1, 0.15) is 17.8 Å². The number of fused-ring (bicyclic) bond motifs is 1. The van der Waals surface area contributed by atoms with Gasteiger partial charge in [0.2, 0.25) is 0 Å². The first-order valence-corrected chi connectivity index (χ1v) is 6.79. The zero-order valence-corrected chi connectivity index (χ0v) is 12.2. The molecule has 2 N–H and O–H groups in total. The minimum absolute atomic E-state index is 0.228. The molecule has 0 saturated carbocycles. The lowest BCUT2D eigenvalue weighted by Gasteiger charge is -2.35. The number of carbonyl (C=O) groups is 2. The second-order valence-electron chi connectivity index (χ2n) is 5.06. The van der Waals surface area contributed by atoms with Gasteiger partial charge in [-0.2, -0.15) is 0 Å². The molecule has 8 nitrogen and oxygen atoms in total. The van der Waals surface area contributed by atoms with Crippen LogP contribution in [-0.2, 0) is 22.5 Å². The smallest absolute Gasteiger partial charge is 0.326 e. The lowest BCUT2D eigenvalue weighted by molar-refractivity contribution is -0.142. The first-order chi connectivity index (χ1) is 10.0. The Balaban J connectivity index is 2.08. The Hall–Kier alpha value is -2.09. The van der Waals surface area contributed by atoms with Crippen LogP contribution >= 0.6 is 0 Å². The highest BCUT2D eigenvalue weighted by Crippen LogP contribution is 2.22. The van der Waals surface area contributed by atoms with Gasteiger partial charge in [0.05, 0.1) is 24.3 Å². The van der Waals surface area contributed by atoms with E-state index in [-0.39, 0.29) is 19.0 Å². The summed E-state index contributed by atoms with van der Waals surface area (Å²) in [5.41, 5.74) is 1.51. The molecule has 1 unspecified atom stereocenters. The number of rotatable bonds is 5. The fraction of sp³-hybridized carbons (Fsp3) is 0.615. The van der Waals surface area contributed by atoms with Crippen molar-refractivity contribution in [1.29, 1.82) is 0 Å². The van der Waals surface area contributed by atoms with E-state index >= 15 is 0 Å². The number of ether oxygens (including phenoxy) is 1. The Morgan fingerprint density at radius 1 is 1.62 bits per heavy atom. The van der Waals surface area contributed by atoms with Gasteiger partial charge in [-0.1, -0.05) is 0 Å². The SMILES string of the molecule is COCCCN(C)C(=O)N1Cc2[nH]cnc2CC1C(=O)O. The normalized spacial score (nSPS) is 17.4. The van der Waals surface area contributed by atoms with Crippen LogP contribution in [0.2, 0.25) is 0 Å². The van der Waals surface area contributed by atoms with E-state index in [4.69, 9.17) is 4.74 Å². The Bertz CT molecular complexity index is 516. The lowest BCUT2D eigenvalue weighted by atomic mass is 10.0. The maximum atomic E-state index is 12.5. The first kappa shape index (κ1) is 15.3. The number of carboxylic acids is 1. The van der Waals surface area contributed by atoms with Gasteiger partial charge in [-0.25, -0.2) is 14.6 Å². The number of methoxy groups -OCH3 is 1. The molecule has 0 saturated heterocycles. The summed E-state index contributed by atoms with van der Waals surface area (Å²) in [5.74, 6) is -1.01. The monoisotopic (exact) mass is 296 g/mol. The summed E-state index contributed by atoms with van der Waals surface area (Å²) in [4.78, 5) is 33.8.